The maximum absolute atomic E-state index is 7.10. The zero-order valence-corrected chi connectivity index (χ0v) is 5.09. The van der Waals surface area contributed by atoms with Gasteiger partial charge in [0.05, 0.1) is 17.1 Å². The number of hydrogen-bond donors (Lipinski definition) is 2. The molecule has 0 aliphatic heterocycles. The van der Waals surface area contributed by atoms with Crippen molar-refractivity contribution in [3.05, 3.63) is 24.1 Å². The fraction of sp³-hybridized carbons (Fsp3) is 0. The monoisotopic (exact) mass is 135 g/mol. The molecule has 0 saturated carbocycles. The van der Waals surface area contributed by atoms with Crippen molar-refractivity contribution in [3.8, 4) is 0 Å². The molecule has 0 saturated heterocycles. The molecule has 2 heterocycles. The summed E-state index contributed by atoms with van der Waals surface area (Å²) in [5.74, 6) is 0. The summed E-state index contributed by atoms with van der Waals surface area (Å²) in [7, 11) is 0. The van der Waals surface area contributed by atoms with Crippen LogP contribution in [-0.4, -0.2) is 10.2 Å². The Morgan fingerprint density at radius 1 is 1.60 bits per heavy atom. The van der Waals surface area contributed by atoms with Gasteiger partial charge >= 0.3 is 0 Å². The fourth-order valence-electron chi connectivity index (χ4n) is 0.807. The van der Waals surface area contributed by atoms with Crippen LogP contribution in [0.2, 0.25) is 0 Å². The molecule has 4 heteroatoms. The first kappa shape index (κ1) is 5.22. The lowest BCUT2D eigenvalue weighted by atomic mass is 10.4. The van der Waals surface area contributed by atoms with Crippen molar-refractivity contribution < 1.29 is 4.42 Å². The summed E-state index contributed by atoms with van der Waals surface area (Å²) in [5.41, 5.74) is 0.966. The van der Waals surface area contributed by atoms with Crippen molar-refractivity contribution >= 4 is 10.9 Å². The molecular weight excluding hydrogens is 130 g/mol. The van der Waals surface area contributed by atoms with Crippen LogP contribution in [0.1, 0.15) is 0 Å². The molecule has 0 aromatic carbocycles. The molecule has 2 rings (SSSR count). The Labute approximate surface area is 56.0 Å². The zero-order chi connectivity index (χ0) is 6.97. The van der Waals surface area contributed by atoms with Gasteiger partial charge in [0.15, 0.2) is 0 Å². The Kier molecular flexibility index (Phi) is 0.887. The number of fused-ring (bicyclic) bond motifs is 1. The molecule has 50 valence electrons. The van der Waals surface area contributed by atoms with Crippen molar-refractivity contribution in [2.24, 2.45) is 0 Å². The van der Waals surface area contributed by atoms with Crippen LogP contribution in [0, 0.1) is 5.41 Å². The number of aromatic nitrogens is 2. The summed E-state index contributed by atoms with van der Waals surface area (Å²) >= 11 is 0. The Morgan fingerprint density at radius 3 is 3.40 bits per heavy atom. The predicted octanol–water partition coefficient (Wildman–Crippen LogP) is 0.635. The minimum Gasteiger partial charge on any atom is -0.446 e. The molecular formula is C6H5N3O. The lowest BCUT2D eigenvalue weighted by molar-refractivity contribution is 0.493. The van der Waals surface area contributed by atoms with Gasteiger partial charge in [0.25, 0.3) is 0 Å². The van der Waals surface area contributed by atoms with Crippen LogP contribution in [0.25, 0.3) is 10.9 Å². The third-order valence-electron chi connectivity index (χ3n) is 1.29. The predicted molar refractivity (Wildman–Crippen MR) is 34.2 cm³/mol. The largest absolute Gasteiger partial charge is 0.446 e. The summed E-state index contributed by atoms with van der Waals surface area (Å²) in [6.45, 7) is 0. The molecule has 0 radical (unpaired) electrons. The third-order valence-corrected chi connectivity index (χ3v) is 1.29. The van der Waals surface area contributed by atoms with Crippen LogP contribution in [0.4, 0.5) is 0 Å². The Hall–Kier alpha value is -1.58. The van der Waals surface area contributed by atoms with Crippen LogP contribution in [0.15, 0.2) is 22.9 Å². The van der Waals surface area contributed by atoms with E-state index in [0.29, 0.717) is 0 Å². The van der Waals surface area contributed by atoms with Gasteiger partial charge in [0.2, 0.25) is 5.55 Å². The van der Waals surface area contributed by atoms with Gasteiger partial charge in [-0.25, -0.2) is 0 Å². The van der Waals surface area contributed by atoms with Crippen molar-refractivity contribution in [2.75, 3.05) is 0 Å². The summed E-state index contributed by atoms with van der Waals surface area (Å²) in [6.07, 6.45) is 3.15. The molecule has 2 aromatic rings. The average Bonchev–Trinajstić information content (AvgIpc) is 2.33. The van der Waals surface area contributed by atoms with Gasteiger partial charge in [-0.15, -0.1) is 0 Å². The van der Waals surface area contributed by atoms with Gasteiger partial charge in [0.1, 0.15) is 6.26 Å². The maximum Gasteiger partial charge on any atom is 0.213 e. The maximum atomic E-state index is 7.10. The molecule has 0 fully saturated rings. The number of nitrogens with zero attached hydrogens (tertiary/aromatic N) is 1. The SMILES string of the molecule is N=c1cc2[nH]ncc2co1. The normalized spacial score (nSPS) is 10.4. The molecule has 10 heavy (non-hydrogen) atoms. The van der Waals surface area contributed by atoms with E-state index in [2.05, 4.69) is 10.2 Å². The van der Waals surface area contributed by atoms with Gasteiger partial charge in [-0.2, -0.15) is 5.10 Å². The number of hydrogen-bond acceptors (Lipinski definition) is 3. The van der Waals surface area contributed by atoms with Gasteiger partial charge in [0, 0.05) is 6.07 Å². The fourth-order valence-corrected chi connectivity index (χ4v) is 0.807. The van der Waals surface area contributed by atoms with Crippen molar-refractivity contribution in [1.29, 1.82) is 5.41 Å². The van der Waals surface area contributed by atoms with E-state index in [-0.39, 0.29) is 5.55 Å². The van der Waals surface area contributed by atoms with E-state index in [9.17, 15) is 0 Å². The number of nitrogens with one attached hydrogen (secondary N) is 2. The average molecular weight is 135 g/mol. The van der Waals surface area contributed by atoms with E-state index in [4.69, 9.17) is 9.83 Å². The molecule has 0 bridgehead atoms. The smallest absolute Gasteiger partial charge is 0.213 e. The van der Waals surface area contributed by atoms with Gasteiger partial charge in [-0.1, -0.05) is 0 Å². The molecule has 2 aromatic heterocycles. The third kappa shape index (κ3) is 0.621. The second-order valence-electron chi connectivity index (χ2n) is 1.98. The minimum absolute atomic E-state index is 0.136. The Bertz CT molecular complexity index is 400. The summed E-state index contributed by atoms with van der Waals surface area (Å²) in [6, 6.07) is 1.59. The second kappa shape index (κ2) is 1.70. The molecule has 4 nitrogen and oxygen atoms in total. The highest BCUT2D eigenvalue weighted by Crippen LogP contribution is 2.04. The Balaban J connectivity index is 2.99. The van der Waals surface area contributed by atoms with Gasteiger partial charge in [-0.05, 0) is 0 Å². The van der Waals surface area contributed by atoms with Crippen LogP contribution < -0.4 is 5.55 Å². The number of rotatable bonds is 0. The van der Waals surface area contributed by atoms with Gasteiger partial charge < -0.3 is 4.42 Å². The number of aromatic amines is 1. The first-order valence-electron chi connectivity index (χ1n) is 2.83. The first-order chi connectivity index (χ1) is 4.86. The Morgan fingerprint density at radius 2 is 2.50 bits per heavy atom. The van der Waals surface area contributed by atoms with Crippen LogP contribution >= 0.6 is 0 Å². The van der Waals surface area contributed by atoms with Crippen LogP contribution in [0.3, 0.4) is 0 Å². The molecule has 0 amide bonds. The topological polar surface area (TPSA) is 65.7 Å². The van der Waals surface area contributed by atoms with Gasteiger partial charge in [-0.3, -0.25) is 10.5 Å². The van der Waals surface area contributed by atoms with E-state index in [1.54, 1.807) is 12.3 Å². The number of H-pyrrole nitrogens is 1. The first-order valence-corrected chi connectivity index (χ1v) is 2.83. The molecule has 0 aliphatic carbocycles. The van der Waals surface area contributed by atoms with Crippen molar-refractivity contribution in [1.82, 2.24) is 10.2 Å². The highest BCUT2D eigenvalue weighted by molar-refractivity contribution is 5.75. The molecule has 0 unspecified atom stereocenters. The van der Waals surface area contributed by atoms with Crippen molar-refractivity contribution in [2.45, 2.75) is 0 Å². The van der Waals surface area contributed by atoms with E-state index < -0.39 is 0 Å². The van der Waals surface area contributed by atoms with Crippen LogP contribution in [-0.2, 0) is 0 Å². The molecule has 0 atom stereocenters. The summed E-state index contributed by atoms with van der Waals surface area (Å²) < 4.78 is 4.81. The second-order valence-corrected chi connectivity index (χ2v) is 1.98. The van der Waals surface area contributed by atoms with E-state index in [1.165, 1.54) is 6.26 Å². The standard InChI is InChI=1S/C6H5N3O/c7-6-1-5-4(3-10-6)2-8-9-5/h1-3,7,9H. The highest BCUT2D eigenvalue weighted by atomic mass is 16.3. The quantitative estimate of drug-likeness (QED) is 0.556. The lowest BCUT2D eigenvalue weighted by Crippen LogP contribution is -1.93. The highest BCUT2D eigenvalue weighted by Gasteiger charge is 1.92. The molecule has 0 spiro atoms. The van der Waals surface area contributed by atoms with E-state index in [1.807, 2.05) is 0 Å². The summed E-state index contributed by atoms with van der Waals surface area (Å²) in [4.78, 5) is 0. The zero-order valence-electron chi connectivity index (χ0n) is 5.09. The molecule has 0 aliphatic rings. The van der Waals surface area contributed by atoms with Crippen molar-refractivity contribution in [3.63, 3.8) is 0 Å². The summed E-state index contributed by atoms with van der Waals surface area (Å²) in [5, 5.41) is 14.5. The molecule has 2 N–H and O–H groups in total. The lowest BCUT2D eigenvalue weighted by Gasteiger charge is -1.83. The van der Waals surface area contributed by atoms with E-state index in [0.717, 1.165) is 10.9 Å². The van der Waals surface area contributed by atoms with Crippen LogP contribution in [0.5, 0.6) is 0 Å². The minimum atomic E-state index is 0.136. The van der Waals surface area contributed by atoms with E-state index >= 15 is 0 Å².